The van der Waals surface area contributed by atoms with Crippen LogP contribution in [0.2, 0.25) is 0 Å². The number of amides is 1. The molecule has 0 spiro atoms. The molecule has 0 atom stereocenters. The van der Waals surface area contributed by atoms with Crippen molar-refractivity contribution >= 4 is 17.3 Å². The van der Waals surface area contributed by atoms with Crippen molar-refractivity contribution < 1.29 is 14.3 Å². The first-order valence-electron chi connectivity index (χ1n) is 9.55. The van der Waals surface area contributed by atoms with Gasteiger partial charge in [-0.05, 0) is 37.8 Å². The Kier molecular flexibility index (Phi) is 6.70. The predicted octanol–water partition coefficient (Wildman–Crippen LogP) is 3.59. The number of carbonyl (C=O) groups is 1. The van der Waals surface area contributed by atoms with Crippen molar-refractivity contribution in [2.75, 3.05) is 37.1 Å². The third-order valence-electron chi connectivity index (χ3n) is 5.28. The summed E-state index contributed by atoms with van der Waals surface area (Å²) >= 11 is 0. The Morgan fingerprint density at radius 3 is 2.68 bits per heavy atom. The van der Waals surface area contributed by atoms with E-state index in [1.165, 1.54) is 25.7 Å². The van der Waals surface area contributed by atoms with E-state index in [1.54, 1.807) is 0 Å². The molecule has 1 amide bonds. The molecule has 1 aromatic carbocycles. The Hall–Kier alpha value is -1.59. The predicted molar refractivity (Wildman–Crippen MR) is 100 cm³/mol. The Morgan fingerprint density at radius 2 is 1.92 bits per heavy atom. The van der Waals surface area contributed by atoms with Crippen LogP contribution in [0.4, 0.5) is 11.4 Å². The van der Waals surface area contributed by atoms with Crippen LogP contribution in [0.25, 0.3) is 0 Å². The number of para-hydroxylation sites is 2. The van der Waals surface area contributed by atoms with Gasteiger partial charge in [0.2, 0.25) is 5.91 Å². The fraction of sp³-hybridized carbons (Fsp3) is 0.650. The van der Waals surface area contributed by atoms with Crippen LogP contribution in [0.15, 0.2) is 24.3 Å². The second kappa shape index (κ2) is 9.20. The molecule has 0 aromatic heterocycles. The minimum Gasteiger partial charge on any atom is -0.381 e. The summed E-state index contributed by atoms with van der Waals surface area (Å²) in [6, 6.07) is 8.66. The van der Waals surface area contributed by atoms with Gasteiger partial charge in [-0.25, -0.2) is 0 Å². The van der Waals surface area contributed by atoms with E-state index in [9.17, 15) is 4.79 Å². The minimum absolute atomic E-state index is 0.0133. The van der Waals surface area contributed by atoms with E-state index >= 15 is 0 Å². The van der Waals surface area contributed by atoms with Crippen LogP contribution in [0.3, 0.4) is 0 Å². The number of rotatable bonds is 7. The first kappa shape index (κ1) is 18.2. The molecule has 1 N–H and O–H groups in total. The fourth-order valence-corrected chi connectivity index (χ4v) is 3.75. The molecular formula is C20H30N2O3. The summed E-state index contributed by atoms with van der Waals surface area (Å²) in [7, 11) is 2.13. The van der Waals surface area contributed by atoms with Gasteiger partial charge in [0.05, 0.1) is 30.5 Å². The van der Waals surface area contributed by atoms with Gasteiger partial charge >= 0.3 is 0 Å². The lowest BCUT2D eigenvalue weighted by atomic mass is 10.1. The third-order valence-corrected chi connectivity index (χ3v) is 5.28. The molecular weight excluding hydrogens is 316 g/mol. The van der Waals surface area contributed by atoms with Gasteiger partial charge in [0, 0.05) is 26.3 Å². The van der Waals surface area contributed by atoms with Crippen molar-refractivity contribution in [1.82, 2.24) is 0 Å². The van der Waals surface area contributed by atoms with Gasteiger partial charge < -0.3 is 19.7 Å². The summed E-state index contributed by atoms with van der Waals surface area (Å²) in [4.78, 5) is 14.6. The standard InChI is InChI=1S/C20H30N2O3/c1-22(16-6-2-3-7-16)19-9-5-4-8-18(19)21-20(23)12-15-25-17-10-13-24-14-11-17/h4-5,8-9,16-17H,2-3,6-7,10-15H2,1H3,(H,21,23). The highest BCUT2D eigenvalue weighted by molar-refractivity contribution is 5.94. The highest BCUT2D eigenvalue weighted by atomic mass is 16.5. The number of benzene rings is 1. The van der Waals surface area contributed by atoms with Crippen LogP contribution in [-0.4, -0.2) is 44.9 Å². The van der Waals surface area contributed by atoms with Crippen molar-refractivity contribution in [3.05, 3.63) is 24.3 Å². The molecule has 0 radical (unpaired) electrons. The zero-order chi connectivity index (χ0) is 17.5. The molecule has 3 rings (SSSR count). The summed E-state index contributed by atoms with van der Waals surface area (Å²) in [5.41, 5.74) is 2.00. The first-order valence-corrected chi connectivity index (χ1v) is 9.55. The van der Waals surface area contributed by atoms with Gasteiger partial charge in [0.1, 0.15) is 0 Å². The smallest absolute Gasteiger partial charge is 0.226 e. The third kappa shape index (κ3) is 5.19. The van der Waals surface area contributed by atoms with E-state index < -0.39 is 0 Å². The number of nitrogens with one attached hydrogen (secondary N) is 1. The number of nitrogens with zero attached hydrogens (tertiary/aromatic N) is 1. The van der Waals surface area contributed by atoms with Gasteiger partial charge in [-0.15, -0.1) is 0 Å². The molecule has 0 bridgehead atoms. The van der Waals surface area contributed by atoms with Crippen LogP contribution in [0.5, 0.6) is 0 Å². The fourth-order valence-electron chi connectivity index (χ4n) is 3.75. The maximum atomic E-state index is 12.3. The van der Waals surface area contributed by atoms with Crippen LogP contribution in [0, 0.1) is 0 Å². The van der Waals surface area contributed by atoms with E-state index in [0.717, 1.165) is 37.4 Å². The molecule has 2 aliphatic rings. The lowest BCUT2D eigenvalue weighted by Crippen LogP contribution is -2.30. The van der Waals surface area contributed by atoms with Gasteiger partial charge in [0.15, 0.2) is 0 Å². The number of ether oxygens (including phenoxy) is 2. The van der Waals surface area contributed by atoms with Gasteiger partial charge in [-0.1, -0.05) is 25.0 Å². The summed E-state index contributed by atoms with van der Waals surface area (Å²) in [6.07, 6.45) is 7.55. The summed E-state index contributed by atoms with van der Waals surface area (Å²) in [6.45, 7) is 1.99. The highest BCUT2D eigenvalue weighted by Gasteiger charge is 2.22. The Labute approximate surface area is 150 Å². The second-order valence-electron chi connectivity index (χ2n) is 7.05. The monoisotopic (exact) mass is 346 g/mol. The van der Waals surface area contributed by atoms with Crippen molar-refractivity contribution in [2.24, 2.45) is 0 Å². The molecule has 5 heteroatoms. The van der Waals surface area contributed by atoms with Crippen molar-refractivity contribution in [3.63, 3.8) is 0 Å². The average Bonchev–Trinajstić information content (AvgIpc) is 3.17. The minimum atomic E-state index is 0.0133. The zero-order valence-electron chi connectivity index (χ0n) is 15.2. The van der Waals surface area contributed by atoms with Crippen LogP contribution in [0.1, 0.15) is 44.9 Å². The summed E-state index contributed by atoms with van der Waals surface area (Å²) < 4.78 is 11.1. The Bertz CT molecular complexity index is 552. The van der Waals surface area contributed by atoms with Crippen molar-refractivity contribution in [2.45, 2.75) is 57.1 Å². The lowest BCUT2D eigenvalue weighted by Gasteiger charge is -2.28. The van der Waals surface area contributed by atoms with Gasteiger partial charge in [-0.3, -0.25) is 4.79 Å². The number of hydrogen-bond donors (Lipinski definition) is 1. The summed E-state index contributed by atoms with van der Waals surface area (Å²) in [5, 5.41) is 3.07. The largest absolute Gasteiger partial charge is 0.381 e. The molecule has 5 nitrogen and oxygen atoms in total. The molecule has 0 unspecified atom stereocenters. The zero-order valence-corrected chi connectivity index (χ0v) is 15.2. The van der Waals surface area contributed by atoms with E-state index in [4.69, 9.17) is 9.47 Å². The second-order valence-corrected chi connectivity index (χ2v) is 7.05. The molecule has 2 fully saturated rings. The maximum Gasteiger partial charge on any atom is 0.226 e. The van der Waals surface area contributed by atoms with Crippen molar-refractivity contribution in [1.29, 1.82) is 0 Å². The van der Waals surface area contributed by atoms with Gasteiger partial charge in [0.25, 0.3) is 0 Å². The van der Waals surface area contributed by atoms with E-state index in [1.807, 2.05) is 18.2 Å². The van der Waals surface area contributed by atoms with Crippen LogP contribution < -0.4 is 10.2 Å². The molecule has 25 heavy (non-hydrogen) atoms. The van der Waals surface area contributed by atoms with Crippen LogP contribution in [-0.2, 0) is 14.3 Å². The highest BCUT2D eigenvalue weighted by Crippen LogP contribution is 2.31. The molecule has 138 valence electrons. The number of carbonyl (C=O) groups excluding carboxylic acids is 1. The molecule has 1 aromatic rings. The lowest BCUT2D eigenvalue weighted by molar-refractivity contribution is -0.118. The van der Waals surface area contributed by atoms with E-state index in [2.05, 4.69) is 23.3 Å². The Morgan fingerprint density at radius 1 is 1.20 bits per heavy atom. The molecule has 1 heterocycles. The maximum absolute atomic E-state index is 12.3. The van der Waals surface area contributed by atoms with Crippen molar-refractivity contribution in [3.8, 4) is 0 Å². The molecule has 1 aliphatic carbocycles. The van der Waals surface area contributed by atoms with Gasteiger partial charge in [-0.2, -0.15) is 0 Å². The molecule has 1 aliphatic heterocycles. The van der Waals surface area contributed by atoms with E-state index in [0.29, 0.717) is 19.1 Å². The first-order chi connectivity index (χ1) is 12.2. The average molecular weight is 346 g/mol. The quantitative estimate of drug-likeness (QED) is 0.820. The normalized spacial score (nSPS) is 19.1. The molecule has 1 saturated carbocycles. The number of hydrogen-bond acceptors (Lipinski definition) is 4. The number of anilines is 2. The Balaban J connectivity index is 1.50. The van der Waals surface area contributed by atoms with Crippen LogP contribution >= 0.6 is 0 Å². The topological polar surface area (TPSA) is 50.8 Å². The molecule has 1 saturated heterocycles. The van der Waals surface area contributed by atoms with E-state index in [-0.39, 0.29) is 12.0 Å². The summed E-state index contributed by atoms with van der Waals surface area (Å²) in [5.74, 6) is 0.0133. The SMILES string of the molecule is CN(c1ccccc1NC(=O)CCOC1CCOCC1)C1CCCC1.